The highest BCUT2D eigenvalue weighted by molar-refractivity contribution is 7.16. The number of aryl methyl sites for hydroxylation is 1. The van der Waals surface area contributed by atoms with Gasteiger partial charge in [-0.25, -0.2) is 4.79 Å². The van der Waals surface area contributed by atoms with E-state index in [-0.39, 0.29) is 12.5 Å². The molecule has 23 heavy (non-hydrogen) atoms. The summed E-state index contributed by atoms with van der Waals surface area (Å²) in [6.07, 6.45) is 3.09. The second-order valence-electron chi connectivity index (χ2n) is 4.81. The molecule has 0 saturated heterocycles. The van der Waals surface area contributed by atoms with Crippen molar-refractivity contribution in [3.63, 3.8) is 0 Å². The number of nitrogens with two attached hydrogens (primary N) is 1. The van der Waals surface area contributed by atoms with Gasteiger partial charge in [0.1, 0.15) is 5.00 Å². The van der Waals surface area contributed by atoms with Gasteiger partial charge in [-0.15, -0.1) is 11.3 Å². The van der Waals surface area contributed by atoms with E-state index in [1.54, 1.807) is 31.2 Å². The molecule has 120 valence electrons. The van der Waals surface area contributed by atoms with Gasteiger partial charge in [-0.2, -0.15) is 0 Å². The van der Waals surface area contributed by atoms with Crippen molar-refractivity contribution in [2.45, 2.75) is 13.8 Å². The molecule has 0 fully saturated rings. The quantitative estimate of drug-likeness (QED) is 0.500. The fraction of sp³-hybridized carbons (Fsp3) is 0.176. The lowest BCUT2D eigenvalue weighted by atomic mass is 10.2. The smallest absolute Gasteiger partial charge is 0.341 e. The maximum Gasteiger partial charge on any atom is 0.341 e. The minimum Gasteiger partial charge on any atom is -0.462 e. The van der Waals surface area contributed by atoms with Crippen molar-refractivity contribution >= 4 is 40.0 Å². The summed E-state index contributed by atoms with van der Waals surface area (Å²) in [6.45, 7) is 3.90. The topological polar surface area (TPSA) is 81.4 Å². The Morgan fingerprint density at radius 3 is 2.65 bits per heavy atom. The Balaban J connectivity index is 2.08. The summed E-state index contributed by atoms with van der Waals surface area (Å²) in [6, 6.07) is 8.87. The second-order valence-corrected chi connectivity index (χ2v) is 6.07. The van der Waals surface area contributed by atoms with Crippen molar-refractivity contribution in [1.29, 1.82) is 0 Å². The Hall–Kier alpha value is -2.60. The maximum absolute atomic E-state index is 12.0. The van der Waals surface area contributed by atoms with Gasteiger partial charge < -0.3 is 15.8 Å². The molecule has 2 rings (SSSR count). The lowest BCUT2D eigenvalue weighted by Crippen LogP contribution is -2.11. The molecule has 1 amide bonds. The van der Waals surface area contributed by atoms with E-state index < -0.39 is 5.97 Å². The highest BCUT2D eigenvalue weighted by Crippen LogP contribution is 2.28. The third kappa shape index (κ3) is 4.69. The molecule has 5 nitrogen and oxygen atoms in total. The van der Waals surface area contributed by atoms with E-state index in [1.165, 1.54) is 17.4 Å². The highest BCUT2D eigenvalue weighted by atomic mass is 32.1. The van der Waals surface area contributed by atoms with Gasteiger partial charge in [0.05, 0.1) is 12.2 Å². The molecule has 0 radical (unpaired) electrons. The molecule has 3 N–H and O–H groups in total. The summed E-state index contributed by atoms with van der Waals surface area (Å²) in [5.41, 5.74) is 7.52. The van der Waals surface area contributed by atoms with E-state index in [1.807, 2.05) is 19.1 Å². The van der Waals surface area contributed by atoms with Crippen LogP contribution in [0.1, 0.15) is 27.7 Å². The van der Waals surface area contributed by atoms with E-state index in [4.69, 9.17) is 10.5 Å². The first-order chi connectivity index (χ1) is 11.0. The Morgan fingerprint density at radius 1 is 1.30 bits per heavy atom. The van der Waals surface area contributed by atoms with Crippen LogP contribution in [0, 0.1) is 6.92 Å². The normalized spacial score (nSPS) is 10.7. The van der Waals surface area contributed by atoms with Crippen molar-refractivity contribution < 1.29 is 14.3 Å². The zero-order valence-electron chi connectivity index (χ0n) is 13.0. The maximum atomic E-state index is 12.0. The number of benzene rings is 1. The molecule has 0 aliphatic carbocycles. The first-order valence-corrected chi connectivity index (χ1v) is 7.93. The summed E-state index contributed by atoms with van der Waals surface area (Å²) in [4.78, 5) is 24.8. The van der Waals surface area contributed by atoms with Crippen LogP contribution in [0.25, 0.3) is 6.08 Å². The SMILES string of the molecule is CCOC(=O)c1cc(C)sc1NC(=O)/C=C/c1ccc(N)cc1. The monoisotopic (exact) mass is 330 g/mol. The van der Waals surface area contributed by atoms with E-state index in [2.05, 4.69) is 5.32 Å². The van der Waals surface area contributed by atoms with Crippen molar-refractivity contribution in [3.05, 3.63) is 52.4 Å². The molecular formula is C17H18N2O3S. The number of nitrogen functional groups attached to an aromatic ring is 1. The van der Waals surface area contributed by atoms with E-state index in [0.29, 0.717) is 16.3 Å². The number of esters is 1. The van der Waals surface area contributed by atoms with E-state index in [9.17, 15) is 9.59 Å². The predicted molar refractivity (Wildman–Crippen MR) is 93.5 cm³/mol. The zero-order valence-corrected chi connectivity index (χ0v) is 13.8. The van der Waals surface area contributed by atoms with Gasteiger partial charge in [0.25, 0.3) is 0 Å². The van der Waals surface area contributed by atoms with Gasteiger partial charge in [-0.3, -0.25) is 4.79 Å². The van der Waals surface area contributed by atoms with E-state index in [0.717, 1.165) is 10.4 Å². The molecule has 0 saturated carbocycles. The minimum absolute atomic E-state index is 0.290. The number of hydrogen-bond acceptors (Lipinski definition) is 5. The van der Waals surface area contributed by atoms with Gasteiger partial charge in [0, 0.05) is 16.6 Å². The summed E-state index contributed by atoms with van der Waals surface area (Å²) in [7, 11) is 0. The molecule has 1 aromatic carbocycles. The number of nitrogens with one attached hydrogen (secondary N) is 1. The van der Waals surface area contributed by atoms with Crippen molar-refractivity contribution in [3.8, 4) is 0 Å². The summed E-state index contributed by atoms with van der Waals surface area (Å²) < 4.78 is 4.99. The number of carbonyl (C=O) groups excluding carboxylic acids is 2. The van der Waals surface area contributed by atoms with Gasteiger partial charge in [0.2, 0.25) is 5.91 Å². The summed E-state index contributed by atoms with van der Waals surface area (Å²) in [5.74, 6) is -0.746. The standard InChI is InChI=1S/C17H18N2O3S/c1-3-22-17(21)14-10-11(2)23-16(14)19-15(20)9-6-12-4-7-13(18)8-5-12/h4-10H,3,18H2,1-2H3,(H,19,20)/b9-6+. The van der Waals surface area contributed by atoms with Crippen LogP contribution in [0.3, 0.4) is 0 Å². The molecule has 1 heterocycles. The van der Waals surface area contributed by atoms with Gasteiger partial charge >= 0.3 is 5.97 Å². The number of thiophene rings is 1. The van der Waals surface area contributed by atoms with Crippen LogP contribution in [0.4, 0.5) is 10.7 Å². The number of rotatable bonds is 5. The van der Waals surface area contributed by atoms with Crippen LogP contribution in [0.15, 0.2) is 36.4 Å². The zero-order chi connectivity index (χ0) is 16.8. The van der Waals surface area contributed by atoms with E-state index >= 15 is 0 Å². The lowest BCUT2D eigenvalue weighted by molar-refractivity contribution is -0.111. The van der Waals surface area contributed by atoms with Crippen LogP contribution in [-0.4, -0.2) is 18.5 Å². The minimum atomic E-state index is -0.435. The Morgan fingerprint density at radius 2 is 2.00 bits per heavy atom. The number of anilines is 2. The molecule has 0 spiro atoms. The average molecular weight is 330 g/mol. The molecule has 0 atom stereocenters. The number of amides is 1. The van der Waals surface area contributed by atoms with Gasteiger partial charge in [-0.1, -0.05) is 12.1 Å². The Kier molecular flexibility index (Phi) is 5.54. The molecule has 0 aliphatic heterocycles. The first-order valence-electron chi connectivity index (χ1n) is 7.11. The van der Waals surface area contributed by atoms with Crippen molar-refractivity contribution in [2.24, 2.45) is 0 Å². The fourth-order valence-electron chi connectivity index (χ4n) is 1.90. The summed E-state index contributed by atoms with van der Waals surface area (Å²) in [5, 5.41) is 3.21. The molecular weight excluding hydrogens is 312 g/mol. The van der Waals surface area contributed by atoms with Crippen LogP contribution in [0.2, 0.25) is 0 Å². The number of ether oxygens (including phenoxy) is 1. The van der Waals surface area contributed by atoms with Crippen molar-refractivity contribution in [1.82, 2.24) is 0 Å². The number of hydrogen-bond donors (Lipinski definition) is 2. The van der Waals surface area contributed by atoms with Gasteiger partial charge in [-0.05, 0) is 43.7 Å². The number of carbonyl (C=O) groups is 2. The molecule has 2 aromatic rings. The molecule has 0 unspecified atom stereocenters. The van der Waals surface area contributed by atoms with Crippen LogP contribution >= 0.6 is 11.3 Å². The predicted octanol–water partition coefficient (Wildman–Crippen LogP) is 3.47. The van der Waals surface area contributed by atoms with Gasteiger partial charge in [0.15, 0.2) is 0 Å². The lowest BCUT2D eigenvalue weighted by Gasteiger charge is -2.04. The molecule has 1 aromatic heterocycles. The fourth-order valence-corrected chi connectivity index (χ4v) is 2.80. The molecule has 0 aliphatic rings. The molecule has 0 bridgehead atoms. The van der Waals surface area contributed by atoms with Crippen LogP contribution < -0.4 is 11.1 Å². The first kappa shape index (κ1) is 16.8. The van der Waals surface area contributed by atoms with Crippen molar-refractivity contribution in [2.75, 3.05) is 17.7 Å². The molecule has 6 heteroatoms. The summed E-state index contributed by atoms with van der Waals surface area (Å²) >= 11 is 1.34. The third-order valence-corrected chi connectivity index (χ3v) is 3.92. The highest BCUT2D eigenvalue weighted by Gasteiger charge is 2.17. The average Bonchev–Trinajstić information content (AvgIpc) is 2.87. The van der Waals surface area contributed by atoms with Crippen LogP contribution in [0.5, 0.6) is 0 Å². The second kappa shape index (κ2) is 7.60. The largest absolute Gasteiger partial charge is 0.462 e. The Labute approximate surface area is 138 Å². The van der Waals surface area contributed by atoms with Crippen LogP contribution in [-0.2, 0) is 9.53 Å². The Bertz CT molecular complexity index is 733. The third-order valence-electron chi connectivity index (χ3n) is 2.95.